The predicted molar refractivity (Wildman–Crippen MR) is 127 cm³/mol. The number of hydrogen-bond acceptors (Lipinski definition) is 5. The summed E-state index contributed by atoms with van der Waals surface area (Å²) in [5.41, 5.74) is 4.54. The van der Waals surface area contributed by atoms with Crippen LogP contribution in [0.25, 0.3) is 11.1 Å². The molecule has 0 aromatic heterocycles. The second kappa shape index (κ2) is 11.7. The highest BCUT2D eigenvalue weighted by atomic mass is 16.5. The van der Waals surface area contributed by atoms with E-state index in [4.69, 9.17) is 9.84 Å². The maximum Gasteiger partial charge on any atom is 0.407 e. The molecule has 2 aromatic carbocycles. The number of aliphatic hydroxyl groups excluding tert-OH is 1. The molecule has 0 heterocycles. The standard InChI is InChI=1S/C26H32N2O6/c1-16(2)13-17(24(30)27-12-11-23(29)25(31)32)14-28-26(33)34-15-22-20-9-5-3-7-18(20)19-8-4-6-10-21(19)22/h3-10,16-17,22-23,29H,11-15H2,1-2H3,(H,27,30)(H,28,33)(H,31,32)/t17?,23-/m0/s1. The number of aliphatic hydroxyl groups is 1. The molecule has 1 aliphatic rings. The summed E-state index contributed by atoms with van der Waals surface area (Å²) in [5.74, 6) is -1.96. The zero-order valence-corrected chi connectivity index (χ0v) is 19.5. The molecule has 0 fully saturated rings. The molecule has 2 atom stereocenters. The molecule has 0 spiro atoms. The lowest BCUT2D eigenvalue weighted by Gasteiger charge is -2.20. The minimum atomic E-state index is -1.53. The topological polar surface area (TPSA) is 125 Å². The fourth-order valence-electron chi connectivity index (χ4n) is 4.31. The largest absolute Gasteiger partial charge is 0.479 e. The van der Waals surface area contributed by atoms with Crippen LogP contribution in [0.1, 0.15) is 43.7 Å². The first-order valence-electron chi connectivity index (χ1n) is 11.5. The number of carbonyl (C=O) groups excluding carboxylic acids is 2. The first-order chi connectivity index (χ1) is 16.3. The Bertz CT molecular complexity index is 976. The van der Waals surface area contributed by atoms with Crippen molar-refractivity contribution in [1.29, 1.82) is 0 Å². The normalized spacial score (nSPS) is 14.1. The van der Waals surface area contributed by atoms with E-state index in [-0.39, 0.29) is 43.9 Å². The Hall–Kier alpha value is -3.39. The Labute approximate surface area is 199 Å². The number of ether oxygens (including phenoxy) is 1. The first kappa shape index (κ1) is 25.2. The first-order valence-corrected chi connectivity index (χ1v) is 11.5. The number of amides is 2. The molecule has 2 aromatic rings. The monoisotopic (exact) mass is 468 g/mol. The molecule has 4 N–H and O–H groups in total. The van der Waals surface area contributed by atoms with Crippen LogP contribution in [0, 0.1) is 11.8 Å². The number of carboxylic acids is 1. The summed E-state index contributed by atoms with van der Waals surface area (Å²) in [6, 6.07) is 16.2. The van der Waals surface area contributed by atoms with Gasteiger partial charge < -0.3 is 25.6 Å². The van der Waals surface area contributed by atoms with Crippen LogP contribution < -0.4 is 10.6 Å². The summed E-state index contributed by atoms with van der Waals surface area (Å²) in [6.45, 7) is 4.27. The smallest absolute Gasteiger partial charge is 0.407 e. The molecule has 34 heavy (non-hydrogen) atoms. The van der Waals surface area contributed by atoms with Crippen LogP contribution in [-0.4, -0.2) is 54.0 Å². The highest BCUT2D eigenvalue weighted by molar-refractivity contribution is 5.80. The fraction of sp³-hybridized carbons (Fsp3) is 0.423. The lowest BCUT2D eigenvalue weighted by atomic mass is 9.96. The third-order valence-corrected chi connectivity index (χ3v) is 5.97. The Morgan fingerprint density at radius 2 is 1.56 bits per heavy atom. The lowest BCUT2D eigenvalue weighted by molar-refractivity contribution is -0.147. The van der Waals surface area contributed by atoms with Gasteiger partial charge in [-0.1, -0.05) is 62.4 Å². The Morgan fingerprint density at radius 1 is 0.971 bits per heavy atom. The van der Waals surface area contributed by atoms with E-state index in [0.29, 0.717) is 6.42 Å². The molecule has 2 amide bonds. The average Bonchev–Trinajstić information content (AvgIpc) is 3.13. The van der Waals surface area contributed by atoms with Gasteiger partial charge in [0.25, 0.3) is 0 Å². The molecule has 1 unspecified atom stereocenters. The third-order valence-electron chi connectivity index (χ3n) is 5.97. The van der Waals surface area contributed by atoms with Crippen LogP contribution in [0.4, 0.5) is 4.79 Å². The van der Waals surface area contributed by atoms with Gasteiger partial charge in [0.1, 0.15) is 6.61 Å². The van der Waals surface area contributed by atoms with Gasteiger partial charge in [-0.2, -0.15) is 0 Å². The molecule has 8 nitrogen and oxygen atoms in total. The highest BCUT2D eigenvalue weighted by Gasteiger charge is 2.29. The summed E-state index contributed by atoms with van der Waals surface area (Å²) in [6.07, 6.45) is -1.67. The van der Waals surface area contributed by atoms with Gasteiger partial charge in [-0.15, -0.1) is 0 Å². The summed E-state index contributed by atoms with van der Waals surface area (Å²) in [4.78, 5) is 35.7. The van der Waals surface area contributed by atoms with Crippen LogP contribution in [0.15, 0.2) is 48.5 Å². The van der Waals surface area contributed by atoms with Crippen molar-refractivity contribution in [2.24, 2.45) is 11.8 Å². The van der Waals surface area contributed by atoms with Crippen molar-refractivity contribution in [3.63, 3.8) is 0 Å². The molecule has 3 rings (SSSR count). The summed E-state index contributed by atoms with van der Waals surface area (Å²) in [5, 5.41) is 23.4. The molecule has 0 bridgehead atoms. The van der Waals surface area contributed by atoms with E-state index in [1.807, 2.05) is 50.2 Å². The zero-order valence-electron chi connectivity index (χ0n) is 19.5. The van der Waals surface area contributed by atoms with Gasteiger partial charge in [-0.25, -0.2) is 9.59 Å². The van der Waals surface area contributed by atoms with E-state index in [1.54, 1.807) is 0 Å². The lowest BCUT2D eigenvalue weighted by Crippen LogP contribution is -2.41. The summed E-state index contributed by atoms with van der Waals surface area (Å²) >= 11 is 0. The van der Waals surface area contributed by atoms with Gasteiger partial charge in [0, 0.05) is 25.4 Å². The number of carbonyl (C=O) groups is 3. The van der Waals surface area contributed by atoms with Crippen LogP contribution in [0.3, 0.4) is 0 Å². The van der Waals surface area contributed by atoms with Gasteiger partial charge >= 0.3 is 12.1 Å². The summed E-state index contributed by atoms with van der Waals surface area (Å²) in [7, 11) is 0. The average molecular weight is 469 g/mol. The van der Waals surface area contributed by atoms with E-state index >= 15 is 0 Å². The van der Waals surface area contributed by atoms with Crippen molar-refractivity contribution in [1.82, 2.24) is 10.6 Å². The minimum absolute atomic E-state index is 0.0336. The second-order valence-electron chi connectivity index (χ2n) is 8.97. The van der Waals surface area contributed by atoms with E-state index in [0.717, 1.165) is 22.3 Å². The molecule has 0 saturated heterocycles. The third kappa shape index (κ3) is 6.35. The van der Waals surface area contributed by atoms with Crippen molar-refractivity contribution in [3.8, 4) is 11.1 Å². The number of rotatable bonds is 11. The van der Waals surface area contributed by atoms with E-state index < -0.39 is 24.1 Å². The van der Waals surface area contributed by atoms with Crippen molar-refractivity contribution in [3.05, 3.63) is 59.7 Å². The summed E-state index contributed by atoms with van der Waals surface area (Å²) < 4.78 is 5.53. The quantitative estimate of drug-likeness (QED) is 0.402. The molecule has 0 aliphatic heterocycles. The van der Waals surface area contributed by atoms with E-state index in [1.165, 1.54) is 0 Å². The number of alkyl carbamates (subject to hydrolysis) is 1. The Balaban J connectivity index is 1.53. The molecule has 0 radical (unpaired) electrons. The number of hydrogen-bond donors (Lipinski definition) is 4. The zero-order chi connectivity index (χ0) is 24.7. The second-order valence-corrected chi connectivity index (χ2v) is 8.97. The van der Waals surface area contributed by atoms with Gasteiger partial charge in [0.15, 0.2) is 6.10 Å². The Kier molecular flexibility index (Phi) is 8.65. The maximum absolute atomic E-state index is 12.6. The van der Waals surface area contributed by atoms with Crippen LogP contribution in [0.2, 0.25) is 0 Å². The SMILES string of the molecule is CC(C)CC(CNC(=O)OCC1c2ccccc2-c2ccccc21)C(=O)NCC[C@H](O)C(=O)O. The molecular formula is C26H32N2O6. The van der Waals surface area contributed by atoms with Crippen molar-refractivity contribution in [2.75, 3.05) is 19.7 Å². The van der Waals surface area contributed by atoms with Gasteiger partial charge in [0.2, 0.25) is 5.91 Å². The van der Waals surface area contributed by atoms with E-state index in [2.05, 4.69) is 22.8 Å². The number of benzene rings is 2. The van der Waals surface area contributed by atoms with Gasteiger partial charge in [0.05, 0.1) is 5.92 Å². The number of carboxylic acid groups (broad SMARTS) is 1. The molecule has 0 saturated carbocycles. The van der Waals surface area contributed by atoms with Crippen molar-refractivity contribution < 1.29 is 29.3 Å². The van der Waals surface area contributed by atoms with Crippen molar-refractivity contribution >= 4 is 18.0 Å². The van der Waals surface area contributed by atoms with Crippen LogP contribution in [-0.2, 0) is 14.3 Å². The minimum Gasteiger partial charge on any atom is -0.479 e. The molecule has 8 heteroatoms. The van der Waals surface area contributed by atoms with Crippen LogP contribution in [0.5, 0.6) is 0 Å². The predicted octanol–water partition coefficient (Wildman–Crippen LogP) is 3.14. The van der Waals surface area contributed by atoms with E-state index in [9.17, 15) is 19.5 Å². The number of nitrogens with one attached hydrogen (secondary N) is 2. The maximum atomic E-state index is 12.6. The Morgan fingerprint density at radius 3 is 2.12 bits per heavy atom. The number of aliphatic carboxylic acids is 1. The van der Waals surface area contributed by atoms with Crippen molar-refractivity contribution in [2.45, 2.75) is 38.7 Å². The van der Waals surface area contributed by atoms with Gasteiger partial charge in [-0.3, -0.25) is 4.79 Å². The molecular weight excluding hydrogens is 436 g/mol. The molecule has 1 aliphatic carbocycles. The van der Waals surface area contributed by atoms with Crippen LogP contribution >= 0.6 is 0 Å². The number of fused-ring (bicyclic) bond motifs is 3. The fourth-order valence-corrected chi connectivity index (χ4v) is 4.31. The highest BCUT2D eigenvalue weighted by Crippen LogP contribution is 2.44. The van der Waals surface area contributed by atoms with Gasteiger partial charge in [-0.05, 0) is 34.6 Å². The molecule has 182 valence electrons.